The molecule has 0 saturated carbocycles. The molecule has 2 aromatic carbocycles. The van der Waals surface area contributed by atoms with E-state index in [1.807, 2.05) is 24.3 Å². The number of nitrogens with one attached hydrogen (secondary N) is 2. The van der Waals surface area contributed by atoms with E-state index in [1.54, 1.807) is 18.3 Å². The number of likely N-dealkylation sites (tertiary alicyclic amines) is 1. The number of amides is 1. The first-order valence-electron chi connectivity index (χ1n) is 12.5. The highest BCUT2D eigenvalue weighted by Crippen LogP contribution is 2.36. The van der Waals surface area contributed by atoms with Gasteiger partial charge in [0.05, 0.1) is 12.2 Å². The zero-order valence-electron chi connectivity index (χ0n) is 20.8. The topological polar surface area (TPSA) is 66.5 Å². The summed E-state index contributed by atoms with van der Waals surface area (Å²) in [6, 6.07) is 18.6. The minimum Gasteiger partial charge on any atom is -0.493 e. The van der Waals surface area contributed by atoms with Crippen LogP contribution in [-0.4, -0.2) is 42.0 Å². The predicted octanol–water partition coefficient (Wildman–Crippen LogP) is 5.25. The van der Waals surface area contributed by atoms with Crippen LogP contribution in [0, 0.1) is 0 Å². The molecule has 0 bridgehead atoms. The van der Waals surface area contributed by atoms with E-state index in [2.05, 4.69) is 59.6 Å². The Hall–Kier alpha value is -3.38. The summed E-state index contributed by atoms with van der Waals surface area (Å²) in [4.78, 5) is 20.0. The summed E-state index contributed by atoms with van der Waals surface area (Å²) in [6.07, 6.45) is 5.11. The molecule has 2 aliphatic heterocycles. The van der Waals surface area contributed by atoms with Crippen molar-refractivity contribution in [1.29, 1.82) is 0 Å². The number of nitrogens with zero attached hydrogens (tertiary/aromatic N) is 2. The van der Waals surface area contributed by atoms with E-state index in [0.717, 1.165) is 36.6 Å². The van der Waals surface area contributed by atoms with Crippen LogP contribution in [0.1, 0.15) is 53.7 Å². The standard InChI is InChI=1S/C29H34N4O2/c1-29(2,26-7-5-16-33(26)3)22-9-11-23(12-10-22)32-28(34)24-6-4-15-30-27(24)31-19-20-8-13-25-21(18-20)14-17-35-25/h4,6,8-13,15,18,26H,5,7,14,16-17,19H2,1-3H3,(H,30,31)(H,32,34). The number of fused-ring (bicyclic) bond motifs is 1. The van der Waals surface area contributed by atoms with Crippen molar-refractivity contribution in [1.82, 2.24) is 9.88 Å². The van der Waals surface area contributed by atoms with E-state index < -0.39 is 0 Å². The molecule has 35 heavy (non-hydrogen) atoms. The summed E-state index contributed by atoms with van der Waals surface area (Å²) in [5, 5.41) is 6.38. The minimum atomic E-state index is -0.175. The highest BCUT2D eigenvalue weighted by Gasteiger charge is 2.36. The van der Waals surface area contributed by atoms with E-state index >= 15 is 0 Å². The van der Waals surface area contributed by atoms with Crippen LogP contribution in [0.15, 0.2) is 60.8 Å². The zero-order valence-corrected chi connectivity index (χ0v) is 20.8. The smallest absolute Gasteiger partial charge is 0.259 e. The molecule has 6 heteroatoms. The maximum absolute atomic E-state index is 13.1. The largest absolute Gasteiger partial charge is 0.493 e. The lowest BCUT2D eigenvalue weighted by atomic mass is 9.76. The van der Waals surface area contributed by atoms with Crippen LogP contribution in [0.2, 0.25) is 0 Å². The van der Waals surface area contributed by atoms with Crippen molar-refractivity contribution in [2.24, 2.45) is 0 Å². The van der Waals surface area contributed by atoms with Crippen molar-refractivity contribution in [3.63, 3.8) is 0 Å². The van der Waals surface area contributed by atoms with Gasteiger partial charge >= 0.3 is 0 Å². The second kappa shape index (κ2) is 9.70. The fourth-order valence-corrected chi connectivity index (χ4v) is 5.46. The van der Waals surface area contributed by atoms with E-state index in [-0.39, 0.29) is 11.3 Å². The van der Waals surface area contributed by atoms with E-state index in [0.29, 0.717) is 24.0 Å². The van der Waals surface area contributed by atoms with Crippen molar-refractivity contribution >= 4 is 17.4 Å². The number of aromatic nitrogens is 1. The number of carbonyl (C=O) groups is 1. The Morgan fingerprint density at radius 3 is 2.77 bits per heavy atom. The fraction of sp³-hybridized carbons (Fsp3) is 0.379. The van der Waals surface area contributed by atoms with Crippen molar-refractivity contribution in [2.45, 2.75) is 51.1 Å². The van der Waals surface area contributed by atoms with E-state index in [9.17, 15) is 4.79 Å². The predicted molar refractivity (Wildman–Crippen MR) is 140 cm³/mol. The monoisotopic (exact) mass is 470 g/mol. The van der Waals surface area contributed by atoms with E-state index in [1.165, 1.54) is 24.0 Å². The summed E-state index contributed by atoms with van der Waals surface area (Å²) in [5.74, 6) is 1.37. The maximum Gasteiger partial charge on any atom is 0.259 e. The van der Waals surface area contributed by atoms with Gasteiger partial charge in [0.15, 0.2) is 0 Å². The van der Waals surface area contributed by atoms with Crippen LogP contribution in [0.5, 0.6) is 5.75 Å². The average molecular weight is 471 g/mol. The van der Waals surface area contributed by atoms with Crippen molar-refractivity contribution in [3.05, 3.63) is 83.0 Å². The highest BCUT2D eigenvalue weighted by molar-refractivity contribution is 6.07. The Kier molecular flexibility index (Phi) is 6.48. The maximum atomic E-state index is 13.1. The normalized spacial score (nSPS) is 17.6. The molecule has 3 aromatic rings. The van der Waals surface area contributed by atoms with Gasteiger partial charge in [-0.3, -0.25) is 4.79 Å². The molecule has 2 aliphatic rings. The molecule has 1 saturated heterocycles. The van der Waals surface area contributed by atoms with Gasteiger partial charge in [0.2, 0.25) is 0 Å². The van der Waals surface area contributed by atoms with Gasteiger partial charge in [0.25, 0.3) is 5.91 Å². The SMILES string of the molecule is CN1CCCC1C(C)(C)c1ccc(NC(=O)c2cccnc2NCc2ccc3c(c2)CCO3)cc1. The minimum absolute atomic E-state index is 0.0535. The van der Waals surface area contributed by atoms with Crippen molar-refractivity contribution in [2.75, 3.05) is 30.8 Å². The Morgan fingerprint density at radius 2 is 2.00 bits per heavy atom. The van der Waals surface area contributed by atoms with Gasteiger partial charge in [-0.2, -0.15) is 0 Å². The molecule has 3 heterocycles. The number of ether oxygens (including phenoxy) is 1. The lowest BCUT2D eigenvalue weighted by Gasteiger charge is -2.36. The van der Waals surface area contributed by atoms with Gasteiger partial charge in [-0.25, -0.2) is 4.98 Å². The molecule has 1 fully saturated rings. The van der Waals surface area contributed by atoms with Crippen LogP contribution in [0.25, 0.3) is 0 Å². The third kappa shape index (κ3) is 4.89. The number of carbonyl (C=O) groups excluding carboxylic acids is 1. The molecule has 1 unspecified atom stereocenters. The Bertz CT molecular complexity index is 1210. The molecule has 1 aromatic heterocycles. The summed E-state index contributed by atoms with van der Waals surface area (Å²) in [7, 11) is 2.21. The number of pyridine rings is 1. The van der Waals surface area contributed by atoms with Crippen LogP contribution in [0.4, 0.5) is 11.5 Å². The van der Waals surface area contributed by atoms with Gasteiger partial charge < -0.3 is 20.3 Å². The molecule has 1 amide bonds. The van der Waals surface area contributed by atoms with Crippen LogP contribution in [-0.2, 0) is 18.4 Å². The Labute approximate surface area is 207 Å². The molecular formula is C29H34N4O2. The molecule has 5 rings (SSSR count). The Morgan fingerprint density at radius 1 is 1.17 bits per heavy atom. The number of hydrogen-bond donors (Lipinski definition) is 2. The molecule has 0 radical (unpaired) electrons. The highest BCUT2D eigenvalue weighted by atomic mass is 16.5. The molecule has 182 valence electrons. The van der Waals surface area contributed by atoms with Gasteiger partial charge in [-0.1, -0.05) is 38.1 Å². The Balaban J connectivity index is 1.25. The average Bonchev–Trinajstić information content (AvgIpc) is 3.52. The number of likely N-dealkylation sites (N-methyl/N-ethyl adjacent to an activating group) is 1. The third-order valence-electron chi connectivity index (χ3n) is 7.51. The summed E-state index contributed by atoms with van der Waals surface area (Å²) < 4.78 is 5.59. The third-order valence-corrected chi connectivity index (χ3v) is 7.51. The van der Waals surface area contributed by atoms with Crippen LogP contribution < -0.4 is 15.4 Å². The second-order valence-corrected chi connectivity index (χ2v) is 10.2. The first-order chi connectivity index (χ1) is 16.9. The zero-order chi connectivity index (χ0) is 24.4. The lowest BCUT2D eigenvalue weighted by Crippen LogP contribution is -2.41. The van der Waals surface area contributed by atoms with E-state index in [4.69, 9.17) is 4.74 Å². The van der Waals surface area contributed by atoms with Gasteiger partial charge in [0, 0.05) is 36.3 Å². The number of benzene rings is 2. The second-order valence-electron chi connectivity index (χ2n) is 10.2. The molecule has 6 nitrogen and oxygen atoms in total. The van der Waals surface area contributed by atoms with Crippen LogP contribution in [0.3, 0.4) is 0 Å². The summed E-state index contributed by atoms with van der Waals surface area (Å²) in [5.41, 5.74) is 5.01. The van der Waals surface area contributed by atoms with Crippen molar-refractivity contribution < 1.29 is 9.53 Å². The number of hydrogen-bond acceptors (Lipinski definition) is 5. The first-order valence-corrected chi connectivity index (χ1v) is 12.5. The van der Waals surface area contributed by atoms with Crippen molar-refractivity contribution in [3.8, 4) is 5.75 Å². The molecule has 0 spiro atoms. The quantitative estimate of drug-likeness (QED) is 0.494. The summed E-state index contributed by atoms with van der Waals surface area (Å²) >= 11 is 0. The first kappa shape index (κ1) is 23.4. The molecule has 2 N–H and O–H groups in total. The number of anilines is 2. The summed E-state index contributed by atoms with van der Waals surface area (Å²) in [6.45, 7) is 7.12. The fourth-order valence-electron chi connectivity index (χ4n) is 5.46. The van der Waals surface area contributed by atoms with Gasteiger partial charge in [0.1, 0.15) is 11.6 Å². The number of rotatable bonds is 7. The lowest BCUT2D eigenvalue weighted by molar-refractivity contribution is 0.102. The molecule has 0 aliphatic carbocycles. The van der Waals surface area contributed by atoms with Gasteiger partial charge in [-0.05, 0) is 73.5 Å². The van der Waals surface area contributed by atoms with Crippen LogP contribution >= 0.6 is 0 Å². The molecular weight excluding hydrogens is 436 g/mol. The van der Waals surface area contributed by atoms with Gasteiger partial charge in [-0.15, -0.1) is 0 Å². The molecule has 1 atom stereocenters.